The van der Waals surface area contributed by atoms with Gasteiger partial charge in [0.1, 0.15) is 5.76 Å². The Bertz CT molecular complexity index is 926. The second-order valence-corrected chi connectivity index (χ2v) is 5.82. The van der Waals surface area contributed by atoms with Crippen LogP contribution in [0.1, 0.15) is 29.8 Å². The van der Waals surface area contributed by atoms with Crippen LogP contribution in [0.2, 0.25) is 0 Å². The third-order valence-electron chi connectivity index (χ3n) is 3.86. The van der Waals surface area contributed by atoms with Gasteiger partial charge in [0, 0.05) is 17.2 Å². The Morgan fingerprint density at radius 3 is 1.86 bits per heavy atom. The number of ketones is 1. The van der Waals surface area contributed by atoms with Crippen molar-refractivity contribution in [1.82, 2.24) is 0 Å². The van der Waals surface area contributed by atoms with Gasteiger partial charge in [-0.25, -0.2) is 9.59 Å². The maximum atomic E-state index is 13.2. The van der Waals surface area contributed by atoms with Crippen molar-refractivity contribution in [2.75, 3.05) is 13.2 Å². The number of aliphatic hydroxyl groups excluding tert-OH is 1. The van der Waals surface area contributed by atoms with E-state index in [0.717, 1.165) is 6.08 Å². The van der Waals surface area contributed by atoms with Gasteiger partial charge in [0.25, 0.3) is 0 Å². The second-order valence-electron chi connectivity index (χ2n) is 5.82. The molecule has 0 radical (unpaired) electrons. The monoisotopic (exact) mass is 394 g/mol. The molecule has 0 atom stereocenters. The zero-order valence-electron chi connectivity index (χ0n) is 16.3. The van der Waals surface area contributed by atoms with Crippen LogP contribution in [0.4, 0.5) is 0 Å². The molecular weight excluding hydrogens is 372 g/mol. The molecule has 29 heavy (non-hydrogen) atoms. The summed E-state index contributed by atoms with van der Waals surface area (Å²) in [6.45, 7) is 3.32. The van der Waals surface area contributed by atoms with Crippen LogP contribution in [0, 0.1) is 0 Å². The lowest BCUT2D eigenvalue weighted by Crippen LogP contribution is -2.19. The molecule has 0 heterocycles. The lowest BCUT2D eigenvalue weighted by Gasteiger charge is -2.14. The quantitative estimate of drug-likeness (QED) is 0.240. The first-order valence-electron chi connectivity index (χ1n) is 9.13. The van der Waals surface area contributed by atoms with E-state index in [2.05, 4.69) is 0 Å². The number of hydrogen-bond acceptors (Lipinski definition) is 6. The van der Waals surface area contributed by atoms with E-state index in [1.54, 1.807) is 74.5 Å². The highest BCUT2D eigenvalue weighted by Gasteiger charge is 2.28. The maximum Gasteiger partial charge on any atom is 0.339 e. The number of ether oxygens (including phenoxy) is 2. The average Bonchev–Trinajstić information content (AvgIpc) is 2.74. The predicted molar refractivity (Wildman–Crippen MR) is 108 cm³/mol. The van der Waals surface area contributed by atoms with E-state index in [-0.39, 0.29) is 29.9 Å². The lowest BCUT2D eigenvalue weighted by molar-refractivity contribution is -0.140. The van der Waals surface area contributed by atoms with E-state index in [1.807, 2.05) is 0 Å². The average molecular weight is 394 g/mol. The third-order valence-corrected chi connectivity index (χ3v) is 3.86. The lowest BCUT2D eigenvalue weighted by atomic mass is 9.93. The van der Waals surface area contributed by atoms with Gasteiger partial charge in [0.15, 0.2) is 5.78 Å². The molecule has 0 saturated heterocycles. The topological polar surface area (TPSA) is 89.9 Å². The molecule has 6 nitrogen and oxygen atoms in total. The van der Waals surface area contributed by atoms with Crippen LogP contribution in [0.3, 0.4) is 0 Å². The van der Waals surface area contributed by atoms with Crippen molar-refractivity contribution < 1.29 is 29.0 Å². The summed E-state index contributed by atoms with van der Waals surface area (Å²) in [6, 6.07) is 16.4. The fourth-order valence-corrected chi connectivity index (χ4v) is 2.58. The van der Waals surface area contributed by atoms with Crippen LogP contribution in [-0.4, -0.2) is 36.0 Å². The fourth-order valence-electron chi connectivity index (χ4n) is 2.58. The fraction of sp³-hybridized carbons (Fsp3) is 0.174. The van der Waals surface area contributed by atoms with Crippen molar-refractivity contribution in [3.8, 4) is 0 Å². The molecule has 0 fully saturated rings. The van der Waals surface area contributed by atoms with Crippen molar-refractivity contribution in [2.24, 2.45) is 0 Å². The van der Waals surface area contributed by atoms with E-state index in [0.29, 0.717) is 5.56 Å². The highest BCUT2D eigenvalue weighted by Crippen LogP contribution is 2.26. The van der Waals surface area contributed by atoms with Gasteiger partial charge in [0.2, 0.25) is 0 Å². The Labute approximate surface area is 169 Å². The molecule has 1 N–H and O–H groups in total. The normalized spacial score (nSPS) is 12.0. The first kappa shape index (κ1) is 21.6. The Kier molecular flexibility index (Phi) is 7.91. The van der Waals surface area contributed by atoms with Crippen LogP contribution in [0.25, 0.3) is 5.76 Å². The molecule has 0 spiro atoms. The molecule has 2 aromatic carbocycles. The Balaban J connectivity index is 2.73. The molecule has 0 aliphatic heterocycles. The summed E-state index contributed by atoms with van der Waals surface area (Å²) in [5.41, 5.74) is -0.163. The molecule has 6 heteroatoms. The van der Waals surface area contributed by atoms with Gasteiger partial charge in [-0.15, -0.1) is 0 Å². The van der Waals surface area contributed by atoms with Crippen molar-refractivity contribution >= 4 is 23.5 Å². The number of carbonyl (C=O) groups excluding carboxylic acids is 3. The van der Waals surface area contributed by atoms with E-state index in [4.69, 9.17) is 9.47 Å². The largest absolute Gasteiger partial charge is 0.507 e. The summed E-state index contributed by atoms with van der Waals surface area (Å²) >= 11 is 0. The number of carbonyl (C=O) groups is 3. The Morgan fingerprint density at radius 2 is 1.34 bits per heavy atom. The molecule has 2 rings (SSSR count). The zero-order chi connectivity index (χ0) is 21.2. The van der Waals surface area contributed by atoms with Crippen LogP contribution in [-0.2, 0) is 19.1 Å². The molecule has 0 amide bonds. The smallest absolute Gasteiger partial charge is 0.339 e. The van der Waals surface area contributed by atoms with Crippen molar-refractivity contribution in [3.05, 3.63) is 89.0 Å². The number of esters is 2. The molecule has 2 aromatic rings. The molecule has 150 valence electrons. The van der Waals surface area contributed by atoms with E-state index < -0.39 is 23.5 Å². The first-order chi connectivity index (χ1) is 14.0. The van der Waals surface area contributed by atoms with Gasteiger partial charge in [-0.3, -0.25) is 4.79 Å². The Hall–Kier alpha value is -3.67. The SMILES string of the molecule is CCOC(=O)/C=C(C(=O)OCC)/C(C(=O)c1ccccc1)=C(\O)c1ccccc1. The summed E-state index contributed by atoms with van der Waals surface area (Å²) in [5, 5.41) is 10.9. The second kappa shape index (κ2) is 10.6. The van der Waals surface area contributed by atoms with Crippen molar-refractivity contribution in [3.63, 3.8) is 0 Å². The number of aliphatic hydroxyl groups is 1. The van der Waals surface area contributed by atoms with Gasteiger partial charge in [-0.05, 0) is 13.8 Å². The predicted octanol–water partition coefficient (Wildman–Crippen LogP) is 3.89. The number of Topliss-reactive ketones (excluding diaryl/α,β-unsaturated/α-hetero) is 1. The van der Waals surface area contributed by atoms with E-state index in [9.17, 15) is 19.5 Å². The molecule has 0 bridgehead atoms. The summed E-state index contributed by atoms with van der Waals surface area (Å²) < 4.78 is 9.91. The number of rotatable bonds is 8. The zero-order valence-corrected chi connectivity index (χ0v) is 16.3. The molecule has 0 aromatic heterocycles. The van der Waals surface area contributed by atoms with Gasteiger partial charge < -0.3 is 14.6 Å². The Morgan fingerprint density at radius 1 is 0.828 bits per heavy atom. The molecular formula is C23H22O6. The maximum absolute atomic E-state index is 13.2. The minimum absolute atomic E-state index is 0.0257. The first-order valence-corrected chi connectivity index (χ1v) is 9.13. The van der Waals surface area contributed by atoms with E-state index >= 15 is 0 Å². The van der Waals surface area contributed by atoms with Gasteiger partial charge in [-0.1, -0.05) is 60.7 Å². The summed E-state index contributed by atoms with van der Waals surface area (Å²) in [4.78, 5) is 37.9. The van der Waals surface area contributed by atoms with Gasteiger partial charge in [0.05, 0.1) is 24.4 Å². The third kappa shape index (κ3) is 5.65. The summed E-state index contributed by atoms with van der Waals surface area (Å²) in [6.07, 6.45) is 0.872. The minimum atomic E-state index is -0.915. The minimum Gasteiger partial charge on any atom is -0.507 e. The van der Waals surface area contributed by atoms with E-state index in [1.165, 1.54) is 0 Å². The standard InChI is InChI=1S/C23H22O6/c1-3-28-19(24)15-18(23(27)29-4-2)20(21(25)16-11-7-5-8-12-16)22(26)17-13-9-6-10-14-17/h5-15,25H,3-4H2,1-2H3/b18-15-,21-20+. The van der Waals surface area contributed by atoms with Crippen LogP contribution in [0.5, 0.6) is 0 Å². The summed E-state index contributed by atoms with van der Waals surface area (Å²) in [7, 11) is 0. The van der Waals surface area contributed by atoms with Crippen molar-refractivity contribution in [1.29, 1.82) is 0 Å². The summed E-state index contributed by atoms with van der Waals surface area (Å²) in [5.74, 6) is -2.81. The van der Waals surface area contributed by atoms with Crippen LogP contribution >= 0.6 is 0 Å². The molecule has 0 aliphatic carbocycles. The molecule has 0 saturated carbocycles. The van der Waals surface area contributed by atoms with Gasteiger partial charge in [-0.2, -0.15) is 0 Å². The number of hydrogen-bond donors (Lipinski definition) is 1. The number of benzene rings is 2. The molecule has 0 unspecified atom stereocenters. The van der Waals surface area contributed by atoms with Crippen LogP contribution in [0.15, 0.2) is 77.9 Å². The molecule has 0 aliphatic rings. The van der Waals surface area contributed by atoms with Crippen molar-refractivity contribution in [2.45, 2.75) is 13.8 Å². The highest BCUT2D eigenvalue weighted by molar-refractivity contribution is 6.22. The highest BCUT2D eigenvalue weighted by atomic mass is 16.5. The van der Waals surface area contributed by atoms with Crippen LogP contribution < -0.4 is 0 Å². The van der Waals surface area contributed by atoms with Gasteiger partial charge >= 0.3 is 11.9 Å².